The first-order valence-corrected chi connectivity index (χ1v) is 9.58. The van der Waals surface area contributed by atoms with Crippen molar-refractivity contribution >= 4 is 38.9 Å². The Morgan fingerprint density at radius 3 is 2.69 bits per heavy atom. The Kier molecular flexibility index (Phi) is 4.91. The van der Waals surface area contributed by atoms with E-state index in [1.807, 2.05) is 24.3 Å². The first kappa shape index (κ1) is 19.3. The van der Waals surface area contributed by atoms with Gasteiger partial charge in [-0.05, 0) is 36.1 Å². The largest absolute Gasteiger partial charge is 0.573 e. The van der Waals surface area contributed by atoms with Gasteiger partial charge in [0.05, 0.1) is 4.88 Å². The van der Waals surface area contributed by atoms with E-state index < -0.39 is 18.2 Å². The number of fused-ring (bicyclic) bond motifs is 1. The molecule has 1 aromatic heterocycles. The third-order valence-electron chi connectivity index (χ3n) is 4.52. The second-order valence-electron chi connectivity index (χ2n) is 6.50. The van der Waals surface area contributed by atoms with Crippen molar-refractivity contribution < 1.29 is 27.5 Å². The normalized spacial score (nSPS) is 17.0. The Morgan fingerprint density at radius 1 is 1.14 bits per heavy atom. The molecule has 2 amide bonds. The van der Waals surface area contributed by atoms with Crippen LogP contribution in [-0.4, -0.2) is 30.8 Å². The van der Waals surface area contributed by atoms with Gasteiger partial charge in [0.1, 0.15) is 11.8 Å². The fourth-order valence-corrected chi connectivity index (χ4v) is 4.21. The fourth-order valence-electron chi connectivity index (χ4n) is 3.24. The number of halogens is 3. The van der Waals surface area contributed by atoms with Crippen molar-refractivity contribution in [3.8, 4) is 5.75 Å². The fraction of sp³-hybridized carbons (Fsp3) is 0.200. The number of ether oxygens (including phenoxy) is 1. The number of thiophene rings is 1. The molecule has 1 aliphatic rings. The number of nitrogens with one attached hydrogen (secondary N) is 1. The van der Waals surface area contributed by atoms with Gasteiger partial charge in [-0.3, -0.25) is 9.59 Å². The summed E-state index contributed by atoms with van der Waals surface area (Å²) >= 11 is 1.33. The quantitative estimate of drug-likeness (QED) is 0.683. The van der Waals surface area contributed by atoms with Gasteiger partial charge in [0.15, 0.2) is 0 Å². The van der Waals surface area contributed by atoms with Gasteiger partial charge in [-0.2, -0.15) is 0 Å². The Hall–Kier alpha value is -3.07. The zero-order valence-corrected chi connectivity index (χ0v) is 15.7. The van der Waals surface area contributed by atoms with Crippen LogP contribution in [0, 0.1) is 0 Å². The zero-order valence-electron chi connectivity index (χ0n) is 14.9. The monoisotopic (exact) mass is 420 g/mol. The minimum atomic E-state index is -4.81. The summed E-state index contributed by atoms with van der Waals surface area (Å²) < 4.78 is 42.1. The summed E-state index contributed by atoms with van der Waals surface area (Å²) in [7, 11) is 0. The van der Waals surface area contributed by atoms with Gasteiger partial charge in [0.2, 0.25) is 5.91 Å². The van der Waals surface area contributed by atoms with Crippen LogP contribution in [0.15, 0.2) is 54.6 Å². The lowest BCUT2D eigenvalue weighted by Gasteiger charge is -2.18. The molecule has 150 valence electrons. The highest BCUT2D eigenvalue weighted by Gasteiger charge is 2.35. The summed E-state index contributed by atoms with van der Waals surface area (Å²) in [6, 6.07) is 13.8. The molecule has 9 heteroatoms. The highest BCUT2D eigenvalue weighted by atomic mass is 32.1. The van der Waals surface area contributed by atoms with E-state index in [4.69, 9.17) is 0 Å². The molecule has 0 unspecified atom stereocenters. The number of carbonyl (C=O) groups is 2. The van der Waals surface area contributed by atoms with Crippen molar-refractivity contribution in [2.24, 2.45) is 0 Å². The molecule has 4 rings (SSSR count). The molecule has 5 nitrogen and oxygen atoms in total. The second kappa shape index (κ2) is 7.40. The number of alkyl halides is 3. The number of amides is 2. The lowest BCUT2D eigenvalue weighted by Crippen LogP contribution is -2.41. The molecule has 0 aliphatic carbocycles. The van der Waals surface area contributed by atoms with Crippen molar-refractivity contribution in [1.29, 1.82) is 0 Å². The maximum absolute atomic E-state index is 12.7. The van der Waals surface area contributed by atoms with E-state index in [2.05, 4.69) is 10.1 Å². The molecule has 1 aliphatic heterocycles. The maximum Gasteiger partial charge on any atom is 0.573 e. The molecule has 1 atom stereocenters. The standard InChI is InChI=1S/C20H15F3N2O3S/c21-20(22,23)28-14-6-3-5-13(11-14)25-9-8-15(19(25)27)24-18(26)17-10-12-4-1-2-7-16(12)29-17/h1-7,10-11,15H,8-9H2,(H,24,26)/t15-/m1/s1. The van der Waals surface area contributed by atoms with Crippen LogP contribution in [0.1, 0.15) is 16.1 Å². The van der Waals surface area contributed by atoms with Crippen LogP contribution >= 0.6 is 11.3 Å². The number of hydrogen-bond acceptors (Lipinski definition) is 4. The van der Waals surface area contributed by atoms with Crippen LogP contribution in [-0.2, 0) is 4.79 Å². The van der Waals surface area contributed by atoms with Crippen molar-refractivity contribution in [3.63, 3.8) is 0 Å². The van der Waals surface area contributed by atoms with E-state index in [0.717, 1.165) is 22.2 Å². The van der Waals surface area contributed by atoms with Gasteiger partial charge in [0.25, 0.3) is 5.91 Å². The minimum absolute atomic E-state index is 0.283. The first-order chi connectivity index (χ1) is 13.8. The molecular weight excluding hydrogens is 405 g/mol. The van der Waals surface area contributed by atoms with E-state index in [0.29, 0.717) is 11.3 Å². The predicted molar refractivity (Wildman–Crippen MR) is 103 cm³/mol. The lowest BCUT2D eigenvalue weighted by atomic mass is 10.2. The van der Waals surface area contributed by atoms with Crippen LogP contribution < -0.4 is 15.0 Å². The van der Waals surface area contributed by atoms with Gasteiger partial charge < -0.3 is 15.0 Å². The van der Waals surface area contributed by atoms with E-state index in [1.54, 1.807) is 6.07 Å². The average molecular weight is 420 g/mol. The van der Waals surface area contributed by atoms with Gasteiger partial charge in [-0.25, -0.2) is 0 Å². The SMILES string of the molecule is O=C(N[C@@H]1CCN(c2cccc(OC(F)(F)F)c2)C1=O)c1cc2ccccc2s1. The minimum Gasteiger partial charge on any atom is -0.406 e. The Bertz CT molecular complexity index is 1050. The summed E-state index contributed by atoms with van der Waals surface area (Å²) in [6.07, 6.45) is -4.45. The molecule has 1 fully saturated rings. The number of nitrogens with zero attached hydrogens (tertiary/aromatic N) is 1. The Labute approximate surface area is 167 Å². The summed E-state index contributed by atoms with van der Waals surface area (Å²) in [5.74, 6) is -1.12. The van der Waals surface area contributed by atoms with Crippen LogP contribution in [0.2, 0.25) is 0 Å². The summed E-state index contributed by atoms with van der Waals surface area (Å²) in [6.45, 7) is 0.283. The number of rotatable bonds is 4. The molecule has 0 saturated carbocycles. The van der Waals surface area contributed by atoms with Crippen LogP contribution in [0.5, 0.6) is 5.75 Å². The predicted octanol–water partition coefficient (Wildman–Crippen LogP) is 4.34. The molecule has 2 aromatic carbocycles. The number of carbonyl (C=O) groups excluding carboxylic acids is 2. The average Bonchev–Trinajstić information content (AvgIpc) is 3.25. The molecule has 29 heavy (non-hydrogen) atoms. The van der Waals surface area contributed by atoms with Crippen molar-refractivity contribution in [3.05, 3.63) is 59.5 Å². The van der Waals surface area contributed by atoms with Gasteiger partial charge in [-0.15, -0.1) is 24.5 Å². The topological polar surface area (TPSA) is 58.6 Å². The van der Waals surface area contributed by atoms with E-state index in [1.165, 1.54) is 28.4 Å². The molecule has 3 aromatic rings. The van der Waals surface area contributed by atoms with Crippen LogP contribution in [0.4, 0.5) is 18.9 Å². The van der Waals surface area contributed by atoms with Crippen LogP contribution in [0.25, 0.3) is 10.1 Å². The van der Waals surface area contributed by atoms with E-state index >= 15 is 0 Å². The van der Waals surface area contributed by atoms with Gasteiger partial charge in [-0.1, -0.05) is 24.3 Å². The van der Waals surface area contributed by atoms with Crippen molar-refractivity contribution in [1.82, 2.24) is 5.32 Å². The maximum atomic E-state index is 12.7. The third kappa shape index (κ3) is 4.19. The Morgan fingerprint density at radius 2 is 1.93 bits per heavy atom. The summed E-state index contributed by atoms with van der Waals surface area (Å²) in [4.78, 5) is 27.1. The molecule has 0 radical (unpaired) electrons. The first-order valence-electron chi connectivity index (χ1n) is 8.77. The summed E-state index contributed by atoms with van der Waals surface area (Å²) in [5.41, 5.74) is 0.287. The molecule has 0 bridgehead atoms. The Balaban J connectivity index is 1.46. The van der Waals surface area contributed by atoms with E-state index in [-0.39, 0.29) is 24.0 Å². The molecule has 1 saturated heterocycles. The highest BCUT2D eigenvalue weighted by Crippen LogP contribution is 2.30. The summed E-state index contributed by atoms with van der Waals surface area (Å²) in [5, 5.41) is 3.68. The third-order valence-corrected chi connectivity index (χ3v) is 5.64. The van der Waals surface area contributed by atoms with Crippen molar-refractivity contribution in [2.45, 2.75) is 18.8 Å². The van der Waals surface area contributed by atoms with Gasteiger partial charge in [0, 0.05) is 23.0 Å². The molecule has 0 spiro atoms. The second-order valence-corrected chi connectivity index (χ2v) is 7.58. The molecule has 2 heterocycles. The lowest BCUT2D eigenvalue weighted by molar-refractivity contribution is -0.274. The molecule has 1 N–H and O–H groups in total. The smallest absolute Gasteiger partial charge is 0.406 e. The number of anilines is 1. The number of benzene rings is 2. The van der Waals surface area contributed by atoms with Gasteiger partial charge >= 0.3 is 6.36 Å². The van der Waals surface area contributed by atoms with Crippen molar-refractivity contribution in [2.75, 3.05) is 11.4 Å². The van der Waals surface area contributed by atoms with E-state index in [9.17, 15) is 22.8 Å². The molecular formula is C20H15F3N2O3S. The number of hydrogen-bond donors (Lipinski definition) is 1. The zero-order chi connectivity index (χ0) is 20.6. The van der Waals surface area contributed by atoms with Crippen LogP contribution in [0.3, 0.4) is 0 Å². The highest BCUT2D eigenvalue weighted by molar-refractivity contribution is 7.20.